The van der Waals surface area contributed by atoms with Crippen LogP contribution in [0.3, 0.4) is 0 Å². The molecule has 0 saturated heterocycles. The van der Waals surface area contributed by atoms with Crippen molar-refractivity contribution in [2.45, 2.75) is 6.42 Å². The van der Waals surface area contributed by atoms with Crippen molar-refractivity contribution in [2.75, 3.05) is 6.16 Å². The second-order valence-electron chi connectivity index (χ2n) is 2.32. The third-order valence-corrected chi connectivity index (χ3v) is 2.15. The van der Waals surface area contributed by atoms with Crippen LogP contribution < -0.4 is 0 Å². The van der Waals surface area contributed by atoms with Crippen LogP contribution in [0.4, 0.5) is 0 Å². The Morgan fingerprint density at radius 3 is 2.30 bits per heavy atom. The molecule has 1 rings (SSSR count). The third kappa shape index (κ3) is 2.61. The van der Waals surface area contributed by atoms with E-state index in [1.807, 2.05) is 12.2 Å². The van der Waals surface area contributed by atoms with Gasteiger partial charge in [-0.25, -0.2) is 0 Å². The molecule has 0 bridgehead atoms. The first-order valence-corrected chi connectivity index (χ1v) is 4.72. The van der Waals surface area contributed by atoms with E-state index in [4.69, 9.17) is 9.79 Å². The van der Waals surface area contributed by atoms with Gasteiger partial charge in [-0.15, -0.1) is 0 Å². The van der Waals surface area contributed by atoms with Crippen LogP contribution in [0.25, 0.3) is 0 Å². The summed E-state index contributed by atoms with van der Waals surface area (Å²) in [7, 11) is -1.68. The molecular weight excluding hydrogens is 147 g/mol. The summed E-state index contributed by atoms with van der Waals surface area (Å²) in [6.07, 6.45) is 9.49. The van der Waals surface area contributed by atoms with Crippen molar-refractivity contribution in [3.8, 4) is 0 Å². The average molecular weight is 158 g/mol. The Kier molecular flexibility index (Phi) is 3.07. The zero-order valence-electron chi connectivity index (χ0n) is 5.64. The molecule has 56 valence electrons. The zero-order chi connectivity index (χ0) is 7.40. The Morgan fingerprint density at radius 1 is 1.20 bits per heavy atom. The number of allylic oxidation sites excluding steroid dienone is 4. The predicted octanol–water partition coefficient (Wildman–Crippen LogP) is 1.42. The maximum Gasteiger partial charge on any atom is 0.164 e. The average Bonchev–Trinajstić information content (AvgIpc) is 2.34. The van der Waals surface area contributed by atoms with E-state index in [1.165, 1.54) is 0 Å². The highest BCUT2D eigenvalue weighted by Crippen LogP contribution is 2.27. The summed E-state index contributed by atoms with van der Waals surface area (Å²) in [5.41, 5.74) is 0. The molecule has 0 aromatic heterocycles. The van der Waals surface area contributed by atoms with Crippen molar-refractivity contribution in [1.29, 1.82) is 0 Å². The Hall–Kier alpha value is -0.170. The van der Waals surface area contributed by atoms with Gasteiger partial charge < -0.3 is 9.79 Å². The Balaban J connectivity index is 2.14. The lowest BCUT2D eigenvalue weighted by molar-refractivity contribution is 0.478. The van der Waals surface area contributed by atoms with E-state index in [1.54, 1.807) is 0 Å². The molecule has 0 atom stereocenters. The molecule has 2 nitrogen and oxygen atoms in total. The van der Waals surface area contributed by atoms with Crippen LogP contribution in [0, 0.1) is 5.92 Å². The van der Waals surface area contributed by atoms with Gasteiger partial charge in [0, 0.05) is 6.16 Å². The van der Waals surface area contributed by atoms with Gasteiger partial charge in [0.05, 0.1) is 0 Å². The van der Waals surface area contributed by atoms with Gasteiger partial charge in [0.1, 0.15) is 0 Å². The maximum absolute atomic E-state index is 8.58. The van der Waals surface area contributed by atoms with Crippen molar-refractivity contribution < 1.29 is 9.79 Å². The first-order valence-electron chi connectivity index (χ1n) is 3.29. The lowest BCUT2D eigenvalue weighted by atomic mass is 10.1. The van der Waals surface area contributed by atoms with Crippen LogP contribution in [-0.2, 0) is 0 Å². The highest BCUT2D eigenvalue weighted by atomic mass is 31.2. The van der Waals surface area contributed by atoms with Gasteiger partial charge in [-0.1, -0.05) is 24.3 Å². The molecule has 0 spiro atoms. The van der Waals surface area contributed by atoms with Crippen LogP contribution in [0.5, 0.6) is 0 Å². The first-order chi connectivity index (χ1) is 4.79. The summed E-state index contributed by atoms with van der Waals surface area (Å²) < 4.78 is 0. The van der Waals surface area contributed by atoms with Crippen LogP contribution >= 0.6 is 8.38 Å². The van der Waals surface area contributed by atoms with Crippen molar-refractivity contribution in [3.63, 3.8) is 0 Å². The minimum atomic E-state index is -1.68. The van der Waals surface area contributed by atoms with Gasteiger partial charge in [-0.05, 0) is 12.3 Å². The van der Waals surface area contributed by atoms with Crippen LogP contribution in [0.1, 0.15) is 6.42 Å². The van der Waals surface area contributed by atoms with E-state index in [0.717, 1.165) is 6.42 Å². The standard InChI is InChI=1S/C7H11O2P/c8-10(9)6-5-7-3-1-2-4-7/h1-4,7-9H,5-6H2. The molecule has 0 aliphatic heterocycles. The SMILES string of the molecule is OP(O)CCC1C=CC=C1. The lowest BCUT2D eigenvalue weighted by Gasteiger charge is -2.04. The maximum atomic E-state index is 8.58. The van der Waals surface area contributed by atoms with Gasteiger partial charge in [-0.3, -0.25) is 0 Å². The van der Waals surface area contributed by atoms with Gasteiger partial charge in [0.25, 0.3) is 0 Å². The number of rotatable bonds is 3. The molecule has 0 fully saturated rings. The first kappa shape index (κ1) is 7.93. The van der Waals surface area contributed by atoms with Crippen molar-refractivity contribution in [3.05, 3.63) is 24.3 Å². The second-order valence-corrected chi connectivity index (χ2v) is 3.51. The van der Waals surface area contributed by atoms with Crippen LogP contribution in [0.2, 0.25) is 0 Å². The number of hydrogen-bond donors (Lipinski definition) is 2. The van der Waals surface area contributed by atoms with Gasteiger partial charge >= 0.3 is 0 Å². The molecule has 0 heterocycles. The molecule has 0 amide bonds. The Labute approximate surface area is 61.8 Å². The Bertz CT molecular complexity index is 140. The molecule has 0 unspecified atom stereocenters. The summed E-state index contributed by atoms with van der Waals surface area (Å²) >= 11 is 0. The smallest absolute Gasteiger partial charge is 0.164 e. The quantitative estimate of drug-likeness (QED) is 0.610. The summed E-state index contributed by atoms with van der Waals surface area (Å²) in [4.78, 5) is 17.2. The van der Waals surface area contributed by atoms with Crippen LogP contribution in [0.15, 0.2) is 24.3 Å². The molecule has 1 aliphatic carbocycles. The normalized spacial score (nSPS) is 17.5. The molecule has 10 heavy (non-hydrogen) atoms. The van der Waals surface area contributed by atoms with Crippen LogP contribution in [-0.4, -0.2) is 15.9 Å². The largest absolute Gasteiger partial charge is 0.350 e. The van der Waals surface area contributed by atoms with E-state index < -0.39 is 8.38 Å². The fraction of sp³-hybridized carbons (Fsp3) is 0.429. The van der Waals surface area contributed by atoms with Gasteiger partial charge in [0.15, 0.2) is 8.38 Å². The molecular formula is C7H11O2P. The topological polar surface area (TPSA) is 40.5 Å². The van der Waals surface area contributed by atoms with Crippen molar-refractivity contribution in [1.82, 2.24) is 0 Å². The molecule has 2 N–H and O–H groups in total. The lowest BCUT2D eigenvalue weighted by Crippen LogP contribution is -1.92. The van der Waals surface area contributed by atoms with E-state index in [-0.39, 0.29) is 0 Å². The minimum absolute atomic E-state index is 0.435. The fourth-order valence-electron chi connectivity index (χ4n) is 0.935. The highest BCUT2D eigenvalue weighted by molar-refractivity contribution is 7.45. The van der Waals surface area contributed by atoms with Crippen molar-refractivity contribution in [2.24, 2.45) is 5.92 Å². The van der Waals surface area contributed by atoms with Crippen molar-refractivity contribution >= 4 is 8.38 Å². The summed E-state index contributed by atoms with van der Waals surface area (Å²) in [6.45, 7) is 0. The van der Waals surface area contributed by atoms with Gasteiger partial charge in [-0.2, -0.15) is 0 Å². The summed E-state index contributed by atoms with van der Waals surface area (Å²) in [5.74, 6) is 0.435. The monoisotopic (exact) mass is 158 g/mol. The molecule has 0 radical (unpaired) electrons. The molecule has 3 heteroatoms. The molecule has 0 aromatic carbocycles. The van der Waals surface area contributed by atoms with E-state index in [2.05, 4.69) is 12.2 Å². The third-order valence-electron chi connectivity index (χ3n) is 1.49. The van der Waals surface area contributed by atoms with Gasteiger partial charge in [0.2, 0.25) is 0 Å². The minimum Gasteiger partial charge on any atom is -0.350 e. The van der Waals surface area contributed by atoms with E-state index in [0.29, 0.717) is 12.1 Å². The Morgan fingerprint density at radius 2 is 1.80 bits per heavy atom. The highest BCUT2D eigenvalue weighted by Gasteiger charge is 2.06. The second kappa shape index (κ2) is 3.87. The van der Waals surface area contributed by atoms with E-state index >= 15 is 0 Å². The number of hydrogen-bond acceptors (Lipinski definition) is 2. The predicted molar refractivity (Wildman–Crippen MR) is 42.6 cm³/mol. The molecule has 0 aromatic rings. The fourth-order valence-corrected chi connectivity index (χ4v) is 1.46. The zero-order valence-corrected chi connectivity index (χ0v) is 6.54. The summed E-state index contributed by atoms with van der Waals surface area (Å²) in [5, 5.41) is 0. The molecule has 0 saturated carbocycles. The summed E-state index contributed by atoms with van der Waals surface area (Å²) in [6, 6.07) is 0. The molecule has 1 aliphatic rings. The van der Waals surface area contributed by atoms with E-state index in [9.17, 15) is 0 Å².